The quantitative estimate of drug-likeness (QED) is 0.522. The Morgan fingerprint density at radius 1 is 1.53 bits per heavy atom. The Balaban J connectivity index is 2.99. The number of aromatic nitrogens is 1. The fraction of sp³-hybridized carbons (Fsp3) is 0.455. The summed E-state index contributed by atoms with van der Waals surface area (Å²) in [5.41, 5.74) is 0.980. The van der Waals surface area contributed by atoms with Crippen molar-refractivity contribution in [1.82, 2.24) is 4.98 Å². The number of hydrogen-bond donors (Lipinski definition) is 0. The average Bonchev–Trinajstić information content (AvgIpc) is 2.18. The van der Waals surface area contributed by atoms with E-state index in [2.05, 4.69) is 4.98 Å². The largest absolute Gasteiger partial charge is 0.465 e. The predicted molar refractivity (Wildman–Crippen MR) is 62.1 cm³/mol. The molecule has 1 heterocycles. The summed E-state index contributed by atoms with van der Waals surface area (Å²) in [5.74, 6) is -0.233. The van der Waals surface area contributed by atoms with Crippen LogP contribution in [0.4, 0.5) is 0 Å². The maximum absolute atomic E-state index is 11.7. The third kappa shape index (κ3) is 2.58. The van der Waals surface area contributed by atoms with Crippen molar-refractivity contribution in [3.05, 3.63) is 23.9 Å². The van der Waals surface area contributed by atoms with Gasteiger partial charge >= 0.3 is 5.97 Å². The van der Waals surface area contributed by atoms with Gasteiger partial charge in [0.2, 0.25) is 0 Å². The van der Waals surface area contributed by atoms with Crippen LogP contribution in [-0.2, 0) is 14.9 Å². The van der Waals surface area contributed by atoms with Crippen molar-refractivity contribution >= 4 is 19.4 Å². The number of carbonyl (C=O) groups is 1. The first kappa shape index (κ1) is 11.8. The summed E-state index contributed by atoms with van der Waals surface area (Å²) in [6.45, 7) is 5.85. The fourth-order valence-corrected chi connectivity index (χ4v) is 1.31. The molecule has 0 saturated carbocycles. The fourth-order valence-electron chi connectivity index (χ4n) is 1.31. The van der Waals surface area contributed by atoms with Gasteiger partial charge < -0.3 is 4.74 Å². The molecule has 0 N–H and O–H groups in total. The van der Waals surface area contributed by atoms with E-state index in [4.69, 9.17) is 4.74 Å². The molecule has 0 unspecified atom stereocenters. The number of esters is 1. The Morgan fingerprint density at radius 2 is 2.20 bits per heavy atom. The first-order chi connectivity index (χ1) is 6.98. The molecule has 0 aliphatic rings. The van der Waals surface area contributed by atoms with Crippen LogP contribution in [0.2, 0.25) is 0 Å². The standard InChI is InChI=1S/C11H16BNO2/c1-4-15-10(14)11(2,3)8-6-5-7-9(12)13-8/h5-7H,4,12H2,1-3H3. The Labute approximate surface area is 91.3 Å². The normalized spacial score (nSPS) is 11.1. The summed E-state index contributed by atoms with van der Waals surface area (Å²) in [5, 5.41) is 0. The molecular weight excluding hydrogens is 189 g/mol. The monoisotopic (exact) mass is 205 g/mol. The molecular formula is C11H16BNO2. The van der Waals surface area contributed by atoms with Gasteiger partial charge in [-0.05, 0) is 32.4 Å². The van der Waals surface area contributed by atoms with Gasteiger partial charge in [0.1, 0.15) is 5.41 Å². The highest BCUT2D eigenvalue weighted by Gasteiger charge is 2.32. The van der Waals surface area contributed by atoms with E-state index >= 15 is 0 Å². The molecule has 0 atom stereocenters. The number of rotatable bonds is 3. The van der Waals surface area contributed by atoms with Gasteiger partial charge in [0.25, 0.3) is 0 Å². The lowest BCUT2D eigenvalue weighted by Gasteiger charge is -2.21. The van der Waals surface area contributed by atoms with Gasteiger partial charge in [0, 0.05) is 0 Å². The van der Waals surface area contributed by atoms with Crippen LogP contribution in [0.5, 0.6) is 0 Å². The molecule has 0 aromatic carbocycles. The molecule has 0 bridgehead atoms. The van der Waals surface area contributed by atoms with Gasteiger partial charge in [-0.1, -0.05) is 12.1 Å². The first-order valence-corrected chi connectivity index (χ1v) is 5.10. The van der Waals surface area contributed by atoms with Crippen molar-refractivity contribution in [3.63, 3.8) is 0 Å². The molecule has 0 saturated heterocycles. The Morgan fingerprint density at radius 3 is 2.73 bits per heavy atom. The van der Waals surface area contributed by atoms with Crippen molar-refractivity contribution in [2.75, 3.05) is 6.61 Å². The smallest absolute Gasteiger partial charge is 0.317 e. The minimum atomic E-state index is -0.679. The lowest BCUT2D eigenvalue weighted by molar-refractivity contribution is -0.148. The van der Waals surface area contributed by atoms with E-state index in [1.807, 2.05) is 39.9 Å². The Kier molecular flexibility index (Phi) is 3.50. The van der Waals surface area contributed by atoms with Crippen LogP contribution >= 0.6 is 0 Å². The van der Waals surface area contributed by atoms with Crippen molar-refractivity contribution < 1.29 is 9.53 Å². The SMILES string of the molecule is Bc1cccc(C(C)(C)C(=O)OCC)n1. The number of pyridine rings is 1. The van der Waals surface area contributed by atoms with E-state index in [9.17, 15) is 4.79 Å². The molecule has 1 aromatic rings. The van der Waals surface area contributed by atoms with E-state index < -0.39 is 5.41 Å². The molecule has 0 radical (unpaired) electrons. The number of ether oxygens (including phenoxy) is 1. The van der Waals surface area contributed by atoms with Crippen LogP contribution in [0.15, 0.2) is 18.2 Å². The van der Waals surface area contributed by atoms with E-state index in [0.717, 1.165) is 11.3 Å². The molecule has 1 aromatic heterocycles. The topological polar surface area (TPSA) is 39.2 Å². The van der Waals surface area contributed by atoms with E-state index in [-0.39, 0.29) is 5.97 Å². The van der Waals surface area contributed by atoms with Gasteiger partial charge in [-0.3, -0.25) is 9.78 Å². The number of carbonyl (C=O) groups excluding carboxylic acids is 1. The Hall–Kier alpha value is -1.32. The van der Waals surface area contributed by atoms with Crippen molar-refractivity contribution in [2.24, 2.45) is 0 Å². The average molecular weight is 205 g/mol. The second-order valence-electron chi connectivity index (χ2n) is 4.01. The van der Waals surface area contributed by atoms with Crippen LogP contribution in [0, 0.1) is 0 Å². The summed E-state index contributed by atoms with van der Waals surface area (Å²) in [7, 11) is 1.91. The van der Waals surface area contributed by atoms with Crippen LogP contribution in [0.25, 0.3) is 0 Å². The molecule has 80 valence electrons. The summed E-state index contributed by atoms with van der Waals surface area (Å²) >= 11 is 0. The third-order valence-corrected chi connectivity index (χ3v) is 2.31. The first-order valence-electron chi connectivity index (χ1n) is 5.10. The van der Waals surface area contributed by atoms with Crippen molar-refractivity contribution in [3.8, 4) is 0 Å². The third-order valence-electron chi connectivity index (χ3n) is 2.31. The zero-order chi connectivity index (χ0) is 11.5. The molecule has 0 fully saturated rings. The molecule has 4 heteroatoms. The molecule has 3 nitrogen and oxygen atoms in total. The number of nitrogens with zero attached hydrogens (tertiary/aromatic N) is 1. The van der Waals surface area contributed by atoms with Crippen LogP contribution in [0.3, 0.4) is 0 Å². The Bertz CT molecular complexity index is 363. The molecule has 0 spiro atoms. The molecule has 15 heavy (non-hydrogen) atoms. The van der Waals surface area contributed by atoms with E-state index in [0.29, 0.717) is 6.61 Å². The molecule has 0 aliphatic heterocycles. The van der Waals surface area contributed by atoms with Gasteiger partial charge in [-0.15, -0.1) is 0 Å². The van der Waals surface area contributed by atoms with Crippen LogP contribution < -0.4 is 5.59 Å². The highest BCUT2D eigenvalue weighted by atomic mass is 16.5. The van der Waals surface area contributed by atoms with Gasteiger partial charge in [-0.2, -0.15) is 0 Å². The lowest BCUT2D eigenvalue weighted by atomic mass is 9.88. The van der Waals surface area contributed by atoms with E-state index in [1.165, 1.54) is 0 Å². The van der Waals surface area contributed by atoms with Gasteiger partial charge in [-0.25, -0.2) is 0 Å². The lowest BCUT2D eigenvalue weighted by Crippen LogP contribution is -2.33. The zero-order valence-corrected chi connectivity index (χ0v) is 9.70. The summed E-state index contributed by atoms with van der Waals surface area (Å²) in [4.78, 5) is 16.1. The van der Waals surface area contributed by atoms with Gasteiger partial charge in [0.05, 0.1) is 12.3 Å². The van der Waals surface area contributed by atoms with Crippen LogP contribution in [-0.4, -0.2) is 25.4 Å². The minimum absolute atomic E-state index is 0.233. The summed E-state index contributed by atoms with van der Waals surface area (Å²) < 4.78 is 5.02. The molecule has 1 rings (SSSR count). The summed E-state index contributed by atoms with van der Waals surface area (Å²) in [6, 6.07) is 5.66. The van der Waals surface area contributed by atoms with Crippen LogP contribution in [0.1, 0.15) is 26.5 Å². The predicted octanol–water partition coefficient (Wildman–Crippen LogP) is 0.181. The van der Waals surface area contributed by atoms with Crippen molar-refractivity contribution in [2.45, 2.75) is 26.2 Å². The maximum atomic E-state index is 11.7. The van der Waals surface area contributed by atoms with Gasteiger partial charge in [0.15, 0.2) is 7.85 Å². The summed E-state index contributed by atoms with van der Waals surface area (Å²) in [6.07, 6.45) is 0. The maximum Gasteiger partial charge on any atom is 0.317 e. The second kappa shape index (κ2) is 4.47. The molecule has 0 aliphatic carbocycles. The minimum Gasteiger partial charge on any atom is -0.465 e. The highest BCUT2D eigenvalue weighted by Crippen LogP contribution is 2.21. The van der Waals surface area contributed by atoms with E-state index in [1.54, 1.807) is 6.92 Å². The van der Waals surface area contributed by atoms with Crippen molar-refractivity contribution in [1.29, 1.82) is 0 Å². The molecule has 0 amide bonds. The number of hydrogen-bond acceptors (Lipinski definition) is 3. The highest BCUT2D eigenvalue weighted by molar-refractivity contribution is 6.30. The zero-order valence-electron chi connectivity index (χ0n) is 9.70. The second-order valence-corrected chi connectivity index (χ2v) is 4.01.